The zero-order chi connectivity index (χ0) is 26.7. The first-order chi connectivity index (χ1) is 16.5. The van der Waals surface area contributed by atoms with Crippen molar-refractivity contribution in [3.8, 4) is 5.75 Å². The molecular formula is C25H30F3N3O4S. The fourth-order valence-corrected chi connectivity index (χ4v) is 5.51. The van der Waals surface area contributed by atoms with Crippen LogP contribution < -0.4 is 9.64 Å². The molecule has 0 bridgehead atoms. The van der Waals surface area contributed by atoms with E-state index in [1.54, 1.807) is 37.1 Å². The van der Waals surface area contributed by atoms with Crippen molar-refractivity contribution in [3.63, 3.8) is 0 Å². The van der Waals surface area contributed by atoms with E-state index in [9.17, 15) is 26.7 Å². The minimum Gasteiger partial charge on any atom is -0.493 e. The van der Waals surface area contributed by atoms with E-state index in [1.807, 2.05) is 14.1 Å². The van der Waals surface area contributed by atoms with Gasteiger partial charge in [0.1, 0.15) is 11.6 Å². The number of fused-ring (bicyclic) bond motifs is 2. The summed E-state index contributed by atoms with van der Waals surface area (Å²) in [6.07, 6.45) is -3.30. The quantitative estimate of drug-likeness (QED) is 0.481. The van der Waals surface area contributed by atoms with Crippen molar-refractivity contribution in [2.45, 2.75) is 55.2 Å². The summed E-state index contributed by atoms with van der Waals surface area (Å²) in [5.74, 6) is 1.05. The molecule has 0 saturated carbocycles. The molecule has 1 aliphatic heterocycles. The van der Waals surface area contributed by atoms with Gasteiger partial charge in [0.25, 0.3) is 0 Å². The third-order valence-electron chi connectivity index (χ3n) is 6.66. The Labute approximate surface area is 208 Å². The molecule has 0 radical (unpaired) electrons. The number of hydrogen-bond acceptors (Lipinski definition) is 6. The number of hydrogen-bond donors (Lipinski definition) is 2. The smallest absolute Gasteiger partial charge is 0.417 e. The van der Waals surface area contributed by atoms with Gasteiger partial charge in [-0.1, -0.05) is 13.8 Å². The molecule has 3 heterocycles. The predicted octanol–water partition coefficient (Wildman–Crippen LogP) is 4.17. The van der Waals surface area contributed by atoms with E-state index in [4.69, 9.17) is 4.74 Å². The van der Waals surface area contributed by atoms with Crippen molar-refractivity contribution in [1.29, 1.82) is 0 Å². The third kappa shape index (κ3) is 4.90. The highest BCUT2D eigenvalue weighted by Gasteiger charge is 2.56. The Bertz CT molecular complexity index is 1410. The maximum Gasteiger partial charge on any atom is 0.417 e. The summed E-state index contributed by atoms with van der Waals surface area (Å²) in [6.45, 7) is 3.43. The molecule has 0 aliphatic carbocycles. The number of aliphatic hydroxyl groups is 1. The third-order valence-corrected chi connectivity index (χ3v) is 7.76. The Kier molecular flexibility index (Phi) is 6.32. The molecule has 1 atom stereocenters. The van der Waals surface area contributed by atoms with Gasteiger partial charge in [0, 0.05) is 49.8 Å². The molecule has 11 heteroatoms. The molecular weight excluding hydrogens is 495 g/mol. The second-order valence-electron chi connectivity index (χ2n) is 10.4. The molecule has 1 unspecified atom stereocenters. The number of H-pyrrole nitrogens is 1. The molecule has 4 rings (SSSR count). The van der Waals surface area contributed by atoms with Crippen LogP contribution in [0.25, 0.3) is 10.9 Å². The summed E-state index contributed by atoms with van der Waals surface area (Å²) in [5.41, 5.74) is -2.63. The zero-order valence-electron chi connectivity index (χ0n) is 20.8. The lowest BCUT2D eigenvalue weighted by atomic mass is 9.73. The average Bonchev–Trinajstić information content (AvgIpc) is 3.36. The molecule has 0 fully saturated rings. The van der Waals surface area contributed by atoms with Gasteiger partial charge in [0.15, 0.2) is 15.4 Å². The number of aromatic amines is 1. The summed E-state index contributed by atoms with van der Waals surface area (Å²) >= 11 is 0. The lowest BCUT2D eigenvalue weighted by Gasteiger charge is -2.38. The number of nitrogens with zero attached hydrogens (tertiary/aromatic N) is 2. The largest absolute Gasteiger partial charge is 0.493 e. The van der Waals surface area contributed by atoms with Crippen LogP contribution in [0.3, 0.4) is 0 Å². The number of benzene rings is 1. The summed E-state index contributed by atoms with van der Waals surface area (Å²) in [6, 6.07) is 6.21. The van der Waals surface area contributed by atoms with Crippen molar-refractivity contribution in [1.82, 2.24) is 9.97 Å². The monoisotopic (exact) mass is 525 g/mol. The van der Waals surface area contributed by atoms with Crippen molar-refractivity contribution in [2.24, 2.45) is 0 Å². The standard InChI is InChI=1S/C25H30F3N3O4S/c1-23(2,19-11-18(36(5,33)34)9-15-6-7-35-22(15)19)14-24(32,25(26,27)28)12-17-8-16-10-21(31(3)4)29-13-20(16)30-17/h8-11,13,30,32H,6-7,12,14H2,1-5H3. The molecule has 1 aromatic carbocycles. The van der Waals surface area contributed by atoms with E-state index in [0.717, 1.165) is 6.26 Å². The Morgan fingerprint density at radius 3 is 2.47 bits per heavy atom. The van der Waals surface area contributed by atoms with Crippen LogP contribution in [-0.4, -0.2) is 62.2 Å². The molecule has 0 saturated heterocycles. The number of aromatic nitrogens is 2. The highest BCUT2D eigenvalue weighted by molar-refractivity contribution is 7.90. The molecule has 36 heavy (non-hydrogen) atoms. The first-order valence-corrected chi connectivity index (χ1v) is 13.3. The molecule has 0 spiro atoms. The van der Waals surface area contributed by atoms with Crippen molar-refractivity contribution < 1.29 is 31.4 Å². The van der Waals surface area contributed by atoms with E-state index in [1.165, 1.54) is 12.1 Å². The molecule has 3 aromatic rings. The summed E-state index contributed by atoms with van der Waals surface area (Å²) in [5, 5.41) is 11.8. The minimum absolute atomic E-state index is 0.0187. The number of halogens is 3. The van der Waals surface area contributed by atoms with Crippen LogP contribution in [0.4, 0.5) is 19.0 Å². The number of sulfone groups is 1. The number of alkyl halides is 3. The van der Waals surface area contributed by atoms with E-state index in [2.05, 4.69) is 9.97 Å². The number of pyridine rings is 1. The van der Waals surface area contributed by atoms with Gasteiger partial charge in [-0.25, -0.2) is 13.4 Å². The van der Waals surface area contributed by atoms with Crippen LogP contribution in [0.1, 0.15) is 37.1 Å². The van der Waals surface area contributed by atoms with Gasteiger partial charge in [-0.15, -0.1) is 0 Å². The van der Waals surface area contributed by atoms with Crippen LogP contribution in [-0.2, 0) is 28.1 Å². The first kappa shape index (κ1) is 26.3. The fraction of sp³-hybridized carbons (Fsp3) is 0.480. The normalized spacial score (nSPS) is 16.0. The number of anilines is 1. The van der Waals surface area contributed by atoms with Gasteiger partial charge in [0.2, 0.25) is 0 Å². The number of rotatable bonds is 7. The van der Waals surface area contributed by atoms with Gasteiger partial charge >= 0.3 is 6.18 Å². The van der Waals surface area contributed by atoms with Gasteiger partial charge in [-0.05, 0) is 41.7 Å². The van der Waals surface area contributed by atoms with Crippen molar-refractivity contribution >= 4 is 26.6 Å². The molecule has 7 nitrogen and oxygen atoms in total. The minimum atomic E-state index is -4.95. The Balaban J connectivity index is 1.74. The van der Waals surface area contributed by atoms with Crippen LogP contribution in [0.2, 0.25) is 0 Å². The lowest BCUT2D eigenvalue weighted by Crippen LogP contribution is -2.51. The fourth-order valence-electron chi connectivity index (χ4n) is 4.82. The van der Waals surface area contributed by atoms with Gasteiger partial charge in [0.05, 0.1) is 23.2 Å². The second kappa shape index (κ2) is 8.65. The van der Waals surface area contributed by atoms with Crippen LogP contribution in [0.5, 0.6) is 5.75 Å². The molecule has 2 aromatic heterocycles. The second-order valence-corrected chi connectivity index (χ2v) is 12.4. The predicted molar refractivity (Wildman–Crippen MR) is 132 cm³/mol. The summed E-state index contributed by atoms with van der Waals surface area (Å²) < 4.78 is 73.4. The average molecular weight is 526 g/mol. The number of ether oxygens (including phenoxy) is 1. The van der Waals surface area contributed by atoms with E-state index >= 15 is 0 Å². The van der Waals surface area contributed by atoms with Gasteiger partial charge in [-0.2, -0.15) is 13.2 Å². The SMILES string of the molecule is CN(C)c1cc2cc(CC(O)(CC(C)(C)c3cc(S(C)(=O)=O)cc4c3OCC4)C(F)(F)F)[nH]c2cn1. The maximum absolute atomic E-state index is 14.4. The van der Waals surface area contributed by atoms with Crippen LogP contribution in [0.15, 0.2) is 35.4 Å². The Morgan fingerprint density at radius 2 is 1.86 bits per heavy atom. The van der Waals surface area contributed by atoms with E-state index in [-0.39, 0.29) is 10.6 Å². The van der Waals surface area contributed by atoms with Crippen molar-refractivity contribution in [2.75, 3.05) is 31.9 Å². The molecule has 196 valence electrons. The first-order valence-electron chi connectivity index (χ1n) is 11.4. The van der Waals surface area contributed by atoms with E-state index < -0.39 is 39.9 Å². The zero-order valence-corrected chi connectivity index (χ0v) is 21.6. The van der Waals surface area contributed by atoms with Crippen LogP contribution in [0, 0.1) is 0 Å². The highest BCUT2D eigenvalue weighted by Crippen LogP contribution is 2.47. The topological polar surface area (TPSA) is 95.5 Å². The Hall–Kier alpha value is -2.79. The lowest BCUT2D eigenvalue weighted by molar-refractivity contribution is -0.266. The Morgan fingerprint density at radius 1 is 1.17 bits per heavy atom. The summed E-state index contributed by atoms with van der Waals surface area (Å²) in [7, 11) is 0.0149. The molecule has 1 aliphatic rings. The van der Waals surface area contributed by atoms with Gasteiger partial charge < -0.3 is 19.7 Å². The molecule has 0 amide bonds. The maximum atomic E-state index is 14.4. The summed E-state index contributed by atoms with van der Waals surface area (Å²) in [4.78, 5) is 9.02. The highest BCUT2D eigenvalue weighted by atomic mass is 32.2. The van der Waals surface area contributed by atoms with E-state index in [0.29, 0.717) is 46.6 Å². The molecule has 2 N–H and O–H groups in total. The van der Waals surface area contributed by atoms with Crippen LogP contribution >= 0.6 is 0 Å². The number of nitrogens with one attached hydrogen (secondary N) is 1. The van der Waals surface area contributed by atoms with Crippen molar-refractivity contribution in [3.05, 3.63) is 47.3 Å². The van der Waals surface area contributed by atoms with Gasteiger partial charge in [-0.3, -0.25) is 0 Å².